The average Bonchev–Trinajstić information content (AvgIpc) is 2.42. The van der Waals surface area contributed by atoms with Gasteiger partial charge in [0.1, 0.15) is 5.75 Å². The van der Waals surface area contributed by atoms with Crippen molar-refractivity contribution in [3.05, 3.63) is 28.8 Å². The minimum Gasteiger partial charge on any atom is -0.496 e. The second-order valence-electron chi connectivity index (χ2n) is 5.35. The third-order valence-electron chi connectivity index (χ3n) is 3.52. The molecule has 1 aromatic rings. The molecule has 0 bridgehead atoms. The van der Waals surface area contributed by atoms with Gasteiger partial charge in [0.25, 0.3) is 0 Å². The van der Waals surface area contributed by atoms with Crippen LogP contribution in [0.2, 0.25) is 0 Å². The zero-order valence-corrected chi connectivity index (χ0v) is 12.8. The van der Waals surface area contributed by atoms with Gasteiger partial charge in [-0.05, 0) is 35.4 Å². The molecule has 0 aromatic heterocycles. The molecule has 1 aromatic carbocycles. The van der Waals surface area contributed by atoms with Crippen LogP contribution in [-0.4, -0.2) is 18.2 Å². The summed E-state index contributed by atoms with van der Waals surface area (Å²) >= 11 is 0. The molecule has 1 atom stereocenters. The molecule has 0 saturated carbocycles. The van der Waals surface area contributed by atoms with Crippen LogP contribution in [0.15, 0.2) is 12.1 Å². The first-order valence-corrected chi connectivity index (χ1v) is 7.08. The molecule has 3 N–H and O–H groups in total. The maximum Gasteiger partial charge on any atom is 0.303 e. The van der Waals surface area contributed by atoms with Crippen LogP contribution in [0.5, 0.6) is 5.75 Å². The first-order chi connectivity index (χ1) is 9.40. The summed E-state index contributed by atoms with van der Waals surface area (Å²) in [5.41, 5.74) is 9.37. The van der Waals surface area contributed by atoms with Gasteiger partial charge in [-0.15, -0.1) is 0 Å². The van der Waals surface area contributed by atoms with Crippen molar-refractivity contribution in [2.75, 3.05) is 7.11 Å². The number of carboxylic acids is 1. The summed E-state index contributed by atoms with van der Waals surface area (Å²) in [6.45, 7) is 6.31. The van der Waals surface area contributed by atoms with Gasteiger partial charge in [-0.1, -0.05) is 32.9 Å². The van der Waals surface area contributed by atoms with Crippen molar-refractivity contribution in [1.82, 2.24) is 0 Å². The maximum absolute atomic E-state index is 10.7. The molecule has 0 amide bonds. The number of methoxy groups -OCH3 is 1. The molecule has 0 aliphatic rings. The molecular weight excluding hydrogens is 254 g/mol. The Kier molecular flexibility index (Phi) is 6.02. The fourth-order valence-corrected chi connectivity index (χ4v) is 2.34. The second-order valence-corrected chi connectivity index (χ2v) is 5.35. The van der Waals surface area contributed by atoms with E-state index in [2.05, 4.69) is 26.8 Å². The predicted molar refractivity (Wildman–Crippen MR) is 80.3 cm³/mol. The molecule has 0 aliphatic heterocycles. The zero-order chi connectivity index (χ0) is 15.3. The number of aryl methyl sites for hydroxylation is 1. The lowest BCUT2D eigenvalue weighted by Gasteiger charge is -2.20. The Hall–Kier alpha value is -1.55. The summed E-state index contributed by atoms with van der Waals surface area (Å²) in [5, 5.41) is 8.76. The summed E-state index contributed by atoms with van der Waals surface area (Å²) in [7, 11) is 1.68. The SMILES string of the molecule is CCc1cc(C(N)CCC(=O)O)cc(C(C)C)c1OC. The number of rotatable bonds is 7. The number of hydrogen-bond donors (Lipinski definition) is 2. The molecular formula is C16H25NO3. The van der Waals surface area contributed by atoms with Crippen LogP contribution in [0.4, 0.5) is 0 Å². The second kappa shape index (κ2) is 7.29. The van der Waals surface area contributed by atoms with Crippen molar-refractivity contribution in [3.63, 3.8) is 0 Å². The number of ether oxygens (including phenoxy) is 1. The van der Waals surface area contributed by atoms with E-state index >= 15 is 0 Å². The third kappa shape index (κ3) is 3.97. The van der Waals surface area contributed by atoms with Crippen molar-refractivity contribution in [2.45, 2.75) is 52.0 Å². The Labute approximate surface area is 120 Å². The first-order valence-electron chi connectivity index (χ1n) is 7.08. The van der Waals surface area contributed by atoms with E-state index in [0.717, 1.165) is 28.9 Å². The highest BCUT2D eigenvalue weighted by atomic mass is 16.5. The van der Waals surface area contributed by atoms with Crippen LogP contribution in [0.1, 0.15) is 62.3 Å². The Balaban J connectivity index is 3.14. The lowest BCUT2D eigenvalue weighted by Crippen LogP contribution is -2.14. The van der Waals surface area contributed by atoms with Gasteiger partial charge >= 0.3 is 5.97 Å². The topological polar surface area (TPSA) is 72.6 Å². The molecule has 0 heterocycles. The largest absolute Gasteiger partial charge is 0.496 e. The fraction of sp³-hybridized carbons (Fsp3) is 0.562. The molecule has 112 valence electrons. The van der Waals surface area contributed by atoms with E-state index in [1.54, 1.807) is 7.11 Å². The Morgan fingerprint density at radius 2 is 2.05 bits per heavy atom. The van der Waals surface area contributed by atoms with Crippen LogP contribution < -0.4 is 10.5 Å². The molecule has 1 unspecified atom stereocenters. The highest BCUT2D eigenvalue weighted by molar-refractivity contribution is 5.66. The lowest BCUT2D eigenvalue weighted by molar-refractivity contribution is -0.137. The molecule has 4 heteroatoms. The highest BCUT2D eigenvalue weighted by Gasteiger charge is 2.17. The summed E-state index contributed by atoms with van der Waals surface area (Å²) < 4.78 is 5.53. The van der Waals surface area contributed by atoms with Gasteiger partial charge in [0.2, 0.25) is 0 Å². The number of carboxylic acid groups (broad SMARTS) is 1. The molecule has 0 fully saturated rings. The van der Waals surface area contributed by atoms with E-state index in [1.807, 2.05) is 6.07 Å². The molecule has 0 radical (unpaired) electrons. The average molecular weight is 279 g/mol. The number of aliphatic carboxylic acids is 1. The lowest BCUT2D eigenvalue weighted by atomic mass is 9.91. The third-order valence-corrected chi connectivity index (χ3v) is 3.52. The van der Waals surface area contributed by atoms with Gasteiger partial charge < -0.3 is 15.6 Å². The quantitative estimate of drug-likeness (QED) is 0.803. The molecule has 4 nitrogen and oxygen atoms in total. The van der Waals surface area contributed by atoms with E-state index < -0.39 is 5.97 Å². The van der Waals surface area contributed by atoms with Gasteiger partial charge in [0.05, 0.1) is 7.11 Å². The minimum absolute atomic E-state index is 0.0890. The predicted octanol–water partition coefficient (Wildman–Crippen LogP) is 3.25. The minimum atomic E-state index is -0.811. The maximum atomic E-state index is 10.7. The van der Waals surface area contributed by atoms with E-state index in [0.29, 0.717) is 12.3 Å². The summed E-state index contributed by atoms with van der Waals surface area (Å²) in [5.74, 6) is 0.451. The van der Waals surface area contributed by atoms with E-state index in [1.165, 1.54) is 0 Å². The molecule has 0 aliphatic carbocycles. The van der Waals surface area contributed by atoms with E-state index in [9.17, 15) is 4.79 Å². The zero-order valence-electron chi connectivity index (χ0n) is 12.8. The Bertz CT molecular complexity index is 469. The van der Waals surface area contributed by atoms with Gasteiger partial charge in [-0.2, -0.15) is 0 Å². The Morgan fingerprint density at radius 3 is 2.50 bits per heavy atom. The first kappa shape index (κ1) is 16.5. The van der Waals surface area contributed by atoms with Crippen LogP contribution in [0.3, 0.4) is 0 Å². The molecule has 0 saturated heterocycles. The fourth-order valence-electron chi connectivity index (χ4n) is 2.34. The monoisotopic (exact) mass is 279 g/mol. The van der Waals surface area contributed by atoms with Crippen molar-refractivity contribution in [2.24, 2.45) is 5.73 Å². The summed E-state index contributed by atoms with van der Waals surface area (Å²) in [4.78, 5) is 10.7. The number of benzene rings is 1. The molecule has 1 rings (SSSR count). The van der Waals surface area contributed by atoms with Gasteiger partial charge in [0, 0.05) is 12.5 Å². The smallest absolute Gasteiger partial charge is 0.303 e. The van der Waals surface area contributed by atoms with Crippen molar-refractivity contribution in [3.8, 4) is 5.75 Å². The normalized spacial score (nSPS) is 12.5. The molecule has 20 heavy (non-hydrogen) atoms. The Morgan fingerprint density at radius 1 is 1.40 bits per heavy atom. The summed E-state index contributed by atoms with van der Waals surface area (Å²) in [6.07, 6.45) is 1.40. The number of hydrogen-bond acceptors (Lipinski definition) is 3. The summed E-state index contributed by atoms with van der Waals surface area (Å²) in [6, 6.07) is 3.84. The number of carbonyl (C=O) groups is 1. The van der Waals surface area contributed by atoms with Crippen molar-refractivity contribution < 1.29 is 14.6 Å². The molecule has 0 spiro atoms. The van der Waals surface area contributed by atoms with Gasteiger partial charge in [0.15, 0.2) is 0 Å². The van der Waals surface area contributed by atoms with Gasteiger partial charge in [-0.25, -0.2) is 0 Å². The highest BCUT2D eigenvalue weighted by Crippen LogP contribution is 2.34. The van der Waals surface area contributed by atoms with Crippen LogP contribution in [-0.2, 0) is 11.2 Å². The standard InChI is InChI=1S/C16H25NO3/c1-5-11-8-12(14(17)6-7-15(18)19)9-13(10(2)3)16(11)20-4/h8-10,14H,5-7,17H2,1-4H3,(H,18,19). The van der Waals surface area contributed by atoms with Crippen LogP contribution in [0.25, 0.3) is 0 Å². The van der Waals surface area contributed by atoms with Gasteiger partial charge in [-0.3, -0.25) is 4.79 Å². The van der Waals surface area contributed by atoms with Crippen molar-refractivity contribution >= 4 is 5.97 Å². The number of nitrogens with two attached hydrogens (primary N) is 1. The van der Waals surface area contributed by atoms with Crippen LogP contribution in [0, 0.1) is 0 Å². The van der Waals surface area contributed by atoms with E-state index in [-0.39, 0.29) is 12.5 Å². The van der Waals surface area contributed by atoms with Crippen LogP contribution >= 0.6 is 0 Å². The van der Waals surface area contributed by atoms with E-state index in [4.69, 9.17) is 15.6 Å². The van der Waals surface area contributed by atoms with Crippen molar-refractivity contribution in [1.29, 1.82) is 0 Å².